The lowest BCUT2D eigenvalue weighted by Gasteiger charge is -2.15. The topological polar surface area (TPSA) is 52.6 Å². The Kier molecular flexibility index (Phi) is 7.85. The van der Waals surface area contributed by atoms with E-state index in [1.807, 2.05) is 6.92 Å². The van der Waals surface area contributed by atoms with Crippen LogP contribution in [0.15, 0.2) is 25.3 Å². The first kappa shape index (κ1) is 14.4. The maximum atomic E-state index is 10.9. The summed E-state index contributed by atoms with van der Waals surface area (Å²) in [6, 6.07) is 0. The van der Waals surface area contributed by atoms with Gasteiger partial charge in [0.15, 0.2) is 0 Å². The van der Waals surface area contributed by atoms with Crippen LogP contribution in [-0.2, 0) is 19.1 Å². The fourth-order valence-corrected chi connectivity index (χ4v) is 1.14. The average molecular weight is 226 g/mol. The Labute approximate surface area is 95.9 Å². The highest BCUT2D eigenvalue weighted by atomic mass is 16.5. The van der Waals surface area contributed by atoms with E-state index in [9.17, 15) is 9.59 Å². The normalized spacial score (nSPS) is 9.62. The van der Waals surface area contributed by atoms with Crippen LogP contribution in [0.4, 0.5) is 0 Å². The molecular formula is C12H18O4. The van der Waals surface area contributed by atoms with Crippen LogP contribution < -0.4 is 0 Å². The lowest BCUT2D eigenvalue weighted by molar-refractivity contribution is -0.143. The monoisotopic (exact) mass is 226 g/mol. The molecule has 16 heavy (non-hydrogen) atoms. The molecule has 0 aromatic rings. The summed E-state index contributed by atoms with van der Waals surface area (Å²) < 4.78 is 9.80. The number of carbonyl (C=O) groups excluding carboxylic acids is 2. The smallest absolute Gasteiger partial charge is 0.330 e. The van der Waals surface area contributed by atoms with E-state index in [-0.39, 0.29) is 19.1 Å². The Bertz CT molecular complexity index is 234. The summed E-state index contributed by atoms with van der Waals surface area (Å²) in [5.41, 5.74) is 0. The third kappa shape index (κ3) is 6.81. The molecule has 0 spiro atoms. The molecule has 0 amide bonds. The molecule has 4 nitrogen and oxygen atoms in total. The van der Waals surface area contributed by atoms with Crippen LogP contribution in [0.2, 0.25) is 0 Å². The highest BCUT2D eigenvalue weighted by Crippen LogP contribution is 2.08. The van der Waals surface area contributed by atoms with E-state index < -0.39 is 11.9 Å². The van der Waals surface area contributed by atoms with Gasteiger partial charge in [0.1, 0.15) is 0 Å². The summed E-state index contributed by atoms with van der Waals surface area (Å²) in [5, 5.41) is 0. The van der Waals surface area contributed by atoms with Crippen LogP contribution in [0.5, 0.6) is 0 Å². The van der Waals surface area contributed by atoms with Crippen LogP contribution in [0.3, 0.4) is 0 Å². The number of hydrogen-bond acceptors (Lipinski definition) is 4. The fourth-order valence-electron chi connectivity index (χ4n) is 1.14. The van der Waals surface area contributed by atoms with Gasteiger partial charge in [0.25, 0.3) is 0 Å². The summed E-state index contributed by atoms with van der Waals surface area (Å²) in [6.07, 6.45) is 3.98. The Morgan fingerprint density at radius 1 is 1.12 bits per heavy atom. The Balaban J connectivity index is 3.95. The van der Waals surface area contributed by atoms with Crippen molar-refractivity contribution in [3.63, 3.8) is 0 Å². The maximum Gasteiger partial charge on any atom is 0.330 e. The minimum Gasteiger partial charge on any atom is -0.462 e. The molecule has 0 rings (SSSR count). The van der Waals surface area contributed by atoms with E-state index >= 15 is 0 Å². The number of rotatable bonds is 8. The summed E-state index contributed by atoms with van der Waals surface area (Å²) in [4.78, 5) is 21.7. The number of hydrogen-bond donors (Lipinski definition) is 0. The van der Waals surface area contributed by atoms with Crippen molar-refractivity contribution in [1.29, 1.82) is 0 Å². The molecule has 0 N–H and O–H groups in total. The highest BCUT2D eigenvalue weighted by Gasteiger charge is 2.12. The van der Waals surface area contributed by atoms with Gasteiger partial charge >= 0.3 is 11.9 Å². The van der Waals surface area contributed by atoms with Crippen LogP contribution in [0, 0.1) is 5.92 Å². The standard InChI is InChI=1S/C12H18O4/c1-4-7-10(8-15-11(13)5-2)9-16-12(14)6-3/h5-6,10H,2-4,7-9H2,1H3. The van der Waals surface area contributed by atoms with Crippen molar-refractivity contribution in [3.8, 4) is 0 Å². The largest absolute Gasteiger partial charge is 0.462 e. The molecule has 0 atom stereocenters. The van der Waals surface area contributed by atoms with Gasteiger partial charge in [-0.15, -0.1) is 0 Å². The van der Waals surface area contributed by atoms with E-state index in [1.54, 1.807) is 0 Å². The van der Waals surface area contributed by atoms with Gasteiger partial charge in [0.2, 0.25) is 0 Å². The molecule has 0 saturated heterocycles. The number of esters is 2. The van der Waals surface area contributed by atoms with E-state index in [2.05, 4.69) is 13.2 Å². The second-order valence-electron chi connectivity index (χ2n) is 3.32. The van der Waals surface area contributed by atoms with Crippen molar-refractivity contribution in [2.45, 2.75) is 19.8 Å². The van der Waals surface area contributed by atoms with Crippen molar-refractivity contribution in [3.05, 3.63) is 25.3 Å². The second kappa shape index (κ2) is 8.71. The van der Waals surface area contributed by atoms with Crippen molar-refractivity contribution in [2.75, 3.05) is 13.2 Å². The van der Waals surface area contributed by atoms with E-state index in [1.165, 1.54) is 0 Å². The molecule has 0 aliphatic carbocycles. The van der Waals surface area contributed by atoms with Crippen molar-refractivity contribution in [2.24, 2.45) is 5.92 Å². The van der Waals surface area contributed by atoms with Gasteiger partial charge in [-0.2, -0.15) is 0 Å². The molecular weight excluding hydrogens is 208 g/mol. The predicted octanol–water partition coefficient (Wildman–Crippen LogP) is 1.86. The number of carbonyl (C=O) groups is 2. The Morgan fingerprint density at radius 2 is 1.56 bits per heavy atom. The van der Waals surface area contributed by atoms with Gasteiger partial charge in [-0.3, -0.25) is 0 Å². The third-order valence-corrected chi connectivity index (χ3v) is 1.95. The van der Waals surface area contributed by atoms with Crippen LogP contribution in [-0.4, -0.2) is 25.2 Å². The minimum atomic E-state index is -0.462. The Morgan fingerprint density at radius 3 is 1.88 bits per heavy atom. The summed E-state index contributed by atoms with van der Waals surface area (Å²) in [5.74, 6) is -0.898. The summed E-state index contributed by atoms with van der Waals surface area (Å²) in [6.45, 7) is 9.09. The predicted molar refractivity (Wildman–Crippen MR) is 60.7 cm³/mol. The van der Waals surface area contributed by atoms with Gasteiger partial charge in [-0.05, 0) is 6.42 Å². The summed E-state index contributed by atoms with van der Waals surface area (Å²) >= 11 is 0. The van der Waals surface area contributed by atoms with E-state index in [0.717, 1.165) is 25.0 Å². The minimum absolute atomic E-state index is 0.0257. The molecule has 90 valence electrons. The maximum absolute atomic E-state index is 10.9. The van der Waals surface area contributed by atoms with E-state index in [0.29, 0.717) is 0 Å². The average Bonchev–Trinajstić information content (AvgIpc) is 2.31. The summed E-state index contributed by atoms with van der Waals surface area (Å²) in [7, 11) is 0. The number of ether oxygens (including phenoxy) is 2. The first-order valence-corrected chi connectivity index (χ1v) is 5.22. The molecule has 0 aromatic heterocycles. The van der Waals surface area contributed by atoms with Gasteiger partial charge in [0.05, 0.1) is 13.2 Å². The van der Waals surface area contributed by atoms with Crippen LogP contribution in [0.1, 0.15) is 19.8 Å². The molecule has 0 heterocycles. The molecule has 0 bridgehead atoms. The van der Waals surface area contributed by atoms with Gasteiger partial charge in [-0.1, -0.05) is 26.5 Å². The molecule has 4 heteroatoms. The molecule has 0 aromatic carbocycles. The Hall–Kier alpha value is -1.58. The lowest BCUT2D eigenvalue weighted by atomic mass is 10.1. The van der Waals surface area contributed by atoms with Crippen molar-refractivity contribution in [1.82, 2.24) is 0 Å². The van der Waals surface area contributed by atoms with Crippen LogP contribution in [0.25, 0.3) is 0 Å². The first-order valence-electron chi connectivity index (χ1n) is 5.22. The third-order valence-electron chi connectivity index (χ3n) is 1.95. The SMILES string of the molecule is C=CC(=O)OCC(CCC)COC(=O)C=C. The zero-order chi connectivity index (χ0) is 12.4. The fraction of sp³-hybridized carbons (Fsp3) is 0.500. The molecule has 0 saturated carbocycles. The van der Waals surface area contributed by atoms with Gasteiger partial charge in [0, 0.05) is 18.1 Å². The highest BCUT2D eigenvalue weighted by molar-refractivity contribution is 5.81. The van der Waals surface area contributed by atoms with Gasteiger partial charge in [-0.25, -0.2) is 9.59 Å². The van der Waals surface area contributed by atoms with E-state index in [4.69, 9.17) is 9.47 Å². The molecule has 0 aliphatic rings. The molecule has 0 aliphatic heterocycles. The van der Waals surface area contributed by atoms with Crippen LogP contribution >= 0.6 is 0 Å². The molecule has 0 unspecified atom stereocenters. The molecule has 0 radical (unpaired) electrons. The van der Waals surface area contributed by atoms with Crippen molar-refractivity contribution >= 4 is 11.9 Å². The lowest BCUT2D eigenvalue weighted by Crippen LogP contribution is -2.19. The zero-order valence-corrected chi connectivity index (χ0v) is 9.61. The quantitative estimate of drug-likeness (QED) is 0.468. The first-order chi connectivity index (χ1) is 7.63. The second-order valence-corrected chi connectivity index (χ2v) is 3.32. The zero-order valence-electron chi connectivity index (χ0n) is 9.61. The molecule has 0 fully saturated rings. The van der Waals surface area contributed by atoms with Gasteiger partial charge < -0.3 is 9.47 Å². The van der Waals surface area contributed by atoms with Crippen molar-refractivity contribution < 1.29 is 19.1 Å².